The standard InChI is InChI=1S/C18H27NO/c1-14-5-3-4-6-15(14)10-18(13-19-7-8-20-2)11-16-9-17(16)12-18/h3-6,16-17,19H,7-13H2,1-2H3. The van der Waals surface area contributed by atoms with Crippen molar-refractivity contribution in [3.8, 4) is 0 Å². The molecule has 2 unspecified atom stereocenters. The zero-order valence-corrected chi connectivity index (χ0v) is 12.8. The molecule has 0 aromatic heterocycles. The van der Waals surface area contributed by atoms with E-state index in [1.165, 1.54) is 31.2 Å². The summed E-state index contributed by atoms with van der Waals surface area (Å²) < 4.78 is 5.14. The third-order valence-electron chi connectivity index (χ3n) is 5.27. The third-order valence-corrected chi connectivity index (χ3v) is 5.27. The van der Waals surface area contributed by atoms with E-state index in [9.17, 15) is 0 Å². The molecule has 2 saturated carbocycles. The van der Waals surface area contributed by atoms with Crippen molar-refractivity contribution in [1.82, 2.24) is 5.32 Å². The fourth-order valence-electron chi connectivity index (χ4n) is 4.10. The minimum absolute atomic E-state index is 0.493. The highest BCUT2D eigenvalue weighted by Gasteiger charge is 2.53. The van der Waals surface area contributed by atoms with Gasteiger partial charge in [-0.05, 0) is 61.0 Å². The summed E-state index contributed by atoms with van der Waals surface area (Å²) in [4.78, 5) is 0. The van der Waals surface area contributed by atoms with Crippen LogP contribution in [-0.4, -0.2) is 26.8 Å². The number of nitrogens with one attached hydrogen (secondary N) is 1. The lowest BCUT2D eigenvalue weighted by Crippen LogP contribution is -2.36. The normalized spacial score (nSPS) is 31.3. The van der Waals surface area contributed by atoms with Crippen molar-refractivity contribution in [2.75, 3.05) is 26.8 Å². The average molecular weight is 273 g/mol. The molecule has 0 amide bonds. The Morgan fingerprint density at radius 2 is 2.00 bits per heavy atom. The van der Waals surface area contributed by atoms with Gasteiger partial charge in [-0.25, -0.2) is 0 Å². The van der Waals surface area contributed by atoms with Gasteiger partial charge >= 0.3 is 0 Å². The van der Waals surface area contributed by atoms with Gasteiger partial charge in [0, 0.05) is 20.2 Å². The number of hydrogen-bond donors (Lipinski definition) is 1. The lowest BCUT2D eigenvalue weighted by atomic mass is 9.76. The van der Waals surface area contributed by atoms with Gasteiger partial charge in [0.05, 0.1) is 6.61 Å². The van der Waals surface area contributed by atoms with Crippen molar-refractivity contribution in [1.29, 1.82) is 0 Å². The van der Waals surface area contributed by atoms with Gasteiger partial charge in [0.15, 0.2) is 0 Å². The predicted molar refractivity (Wildman–Crippen MR) is 82.9 cm³/mol. The van der Waals surface area contributed by atoms with E-state index in [2.05, 4.69) is 36.5 Å². The highest BCUT2D eigenvalue weighted by molar-refractivity contribution is 5.27. The van der Waals surface area contributed by atoms with E-state index in [1.807, 2.05) is 0 Å². The zero-order chi connectivity index (χ0) is 14.0. The number of methoxy groups -OCH3 is 1. The second kappa shape index (κ2) is 5.87. The maximum atomic E-state index is 5.14. The van der Waals surface area contributed by atoms with Gasteiger partial charge < -0.3 is 10.1 Å². The van der Waals surface area contributed by atoms with E-state index in [0.717, 1.165) is 31.5 Å². The molecule has 110 valence electrons. The minimum atomic E-state index is 0.493. The molecule has 1 aromatic carbocycles. The first-order valence-corrected chi connectivity index (χ1v) is 7.97. The molecule has 0 aliphatic heterocycles. The molecule has 2 heteroatoms. The minimum Gasteiger partial charge on any atom is -0.383 e. The Morgan fingerprint density at radius 1 is 1.25 bits per heavy atom. The smallest absolute Gasteiger partial charge is 0.0587 e. The van der Waals surface area contributed by atoms with Crippen LogP contribution in [0.2, 0.25) is 0 Å². The summed E-state index contributed by atoms with van der Waals surface area (Å²) in [5.41, 5.74) is 3.49. The van der Waals surface area contributed by atoms with Crippen molar-refractivity contribution in [2.45, 2.75) is 32.6 Å². The molecule has 2 fully saturated rings. The largest absolute Gasteiger partial charge is 0.383 e. The Bertz CT molecular complexity index is 446. The van der Waals surface area contributed by atoms with E-state index in [1.54, 1.807) is 12.7 Å². The molecular weight excluding hydrogens is 246 g/mol. The van der Waals surface area contributed by atoms with Crippen LogP contribution in [0.15, 0.2) is 24.3 Å². The SMILES string of the molecule is COCCNCC1(Cc2ccccc2C)CC2CC2C1. The Morgan fingerprint density at radius 3 is 2.70 bits per heavy atom. The van der Waals surface area contributed by atoms with E-state index in [4.69, 9.17) is 4.74 Å². The average Bonchev–Trinajstić information content (AvgIpc) is 3.06. The van der Waals surface area contributed by atoms with Crippen molar-refractivity contribution >= 4 is 0 Å². The quantitative estimate of drug-likeness (QED) is 0.770. The number of ether oxygens (including phenoxy) is 1. The highest BCUT2D eigenvalue weighted by Crippen LogP contribution is 2.60. The summed E-state index contributed by atoms with van der Waals surface area (Å²) in [6.45, 7) is 5.18. The molecule has 0 saturated heterocycles. The first-order chi connectivity index (χ1) is 9.72. The maximum absolute atomic E-state index is 5.14. The second-order valence-electron chi connectivity index (χ2n) is 6.94. The van der Waals surface area contributed by atoms with Crippen LogP contribution in [-0.2, 0) is 11.2 Å². The van der Waals surface area contributed by atoms with Crippen LogP contribution in [0.5, 0.6) is 0 Å². The lowest BCUT2D eigenvalue weighted by Gasteiger charge is -2.32. The fraction of sp³-hybridized carbons (Fsp3) is 0.667. The molecule has 1 aromatic rings. The lowest BCUT2D eigenvalue weighted by molar-refractivity contribution is 0.186. The molecule has 0 bridgehead atoms. The Kier molecular flexibility index (Phi) is 4.13. The monoisotopic (exact) mass is 273 g/mol. The van der Waals surface area contributed by atoms with Gasteiger partial charge in [-0.1, -0.05) is 24.3 Å². The number of aryl methyl sites for hydroxylation is 1. The Balaban J connectivity index is 1.65. The van der Waals surface area contributed by atoms with Crippen LogP contribution < -0.4 is 5.32 Å². The summed E-state index contributed by atoms with van der Waals surface area (Å²) in [6.07, 6.45) is 5.58. The van der Waals surface area contributed by atoms with Gasteiger partial charge in [0.25, 0.3) is 0 Å². The van der Waals surface area contributed by atoms with Gasteiger partial charge in [0.1, 0.15) is 0 Å². The zero-order valence-electron chi connectivity index (χ0n) is 12.8. The second-order valence-corrected chi connectivity index (χ2v) is 6.94. The van der Waals surface area contributed by atoms with Crippen molar-refractivity contribution in [2.24, 2.45) is 17.3 Å². The summed E-state index contributed by atoms with van der Waals surface area (Å²) in [7, 11) is 1.77. The first kappa shape index (κ1) is 14.1. The molecule has 20 heavy (non-hydrogen) atoms. The van der Waals surface area contributed by atoms with Gasteiger partial charge in [-0.2, -0.15) is 0 Å². The van der Waals surface area contributed by atoms with Gasteiger partial charge in [-0.15, -0.1) is 0 Å². The van der Waals surface area contributed by atoms with Crippen molar-refractivity contribution in [3.63, 3.8) is 0 Å². The molecule has 2 aliphatic rings. The topological polar surface area (TPSA) is 21.3 Å². The first-order valence-electron chi connectivity index (χ1n) is 7.97. The van der Waals surface area contributed by atoms with Crippen LogP contribution in [0.1, 0.15) is 30.4 Å². The Hall–Kier alpha value is -0.860. The summed E-state index contributed by atoms with van der Waals surface area (Å²) in [6, 6.07) is 8.89. The van der Waals surface area contributed by atoms with Crippen LogP contribution >= 0.6 is 0 Å². The van der Waals surface area contributed by atoms with Crippen LogP contribution in [0, 0.1) is 24.2 Å². The van der Waals surface area contributed by atoms with E-state index in [-0.39, 0.29) is 0 Å². The molecule has 0 heterocycles. The van der Waals surface area contributed by atoms with Gasteiger partial charge in [-0.3, -0.25) is 0 Å². The molecule has 0 spiro atoms. The molecule has 0 radical (unpaired) electrons. The predicted octanol–water partition coefficient (Wildman–Crippen LogP) is 3.19. The van der Waals surface area contributed by atoms with Gasteiger partial charge in [0.2, 0.25) is 0 Å². The molecule has 3 rings (SSSR count). The van der Waals surface area contributed by atoms with Crippen LogP contribution in [0.4, 0.5) is 0 Å². The van der Waals surface area contributed by atoms with Crippen molar-refractivity contribution in [3.05, 3.63) is 35.4 Å². The summed E-state index contributed by atoms with van der Waals surface area (Å²) in [5, 5.41) is 3.62. The van der Waals surface area contributed by atoms with E-state index >= 15 is 0 Å². The number of rotatable bonds is 7. The fourth-order valence-corrected chi connectivity index (χ4v) is 4.10. The molecule has 2 aliphatic carbocycles. The molecular formula is C18H27NO. The molecule has 1 N–H and O–H groups in total. The number of hydrogen-bond acceptors (Lipinski definition) is 2. The number of benzene rings is 1. The maximum Gasteiger partial charge on any atom is 0.0587 e. The third kappa shape index (κ3) is 3.07. The van der Waals surface area contributed by atoms with Crippen LogP contribution in [0.25, 0.3) is 0 Å². The molecule has 2 atom stereocenters. The molecule has 2 nitrogen and oxygen atoms in total. The van der Waals surface area contributed by atoms with Crippen LogP contribution in [0.3, 0.4) is 0 Å². The summed E-state index contributed by atoms with van der Waals surface area (Å²) >= 11 is 0. The number of fused-ring (bicyclic) bond motifs is 1. The Labute approximate surface area is 122 Å². The van der Waals surface area contributed by atoms with E-state index in [0.29, 0.717) is 5.41 Å². The highest BCUT2D eigenvalue weighted by atomic mass is 16.5. The van der Waals surface area contributed by atoms with E-state index < -0.39 is 0 Å². The van der Waals surface area contributed by atoms with Crippen molar-refractivity contribution < 1.29 is 4.74 Å². The summed E-state index contributed by atoms with van der Waals surface area (Å²) in [5.74, 6) is 2.06.